The molecule has 0 aliphatic rings. The van der Waals surface area contributed by atoms with E-state index in [2.05, 4.69) is 9.40 Å². The van der Waals surface area contributed by atoms with Crippen molar-refractivity contribution in [1.82, 2.24) is 4.98 Å². The molecule has 1 aromatic carbocycles. The Morgan fingerprint density at radius 2 is 1.80 bits per heavy atom. The molecule has 0 aliphatic carbocycles. The topological polar surface area (TPSA) is 26.0 Å². The van der Waals surface area contributed by atoms with Crippen molar-refractivity contribution >= 4 is 11.1 Å². The Hall–Kier alpha value is -1.59. The lowest BCUT2D eigenvalue weighted by Gasteiger charge is -1.96. The molecule has 0 atom stereocenters. The minimum atomic E-state index is -2.84. The molecule has 1 aromatic heterocycles. The standard InChI is InChI=1S/C9H5F4NO/c10-7(11)4-1-2-5-6(3-4)15-9(14-5)8(12)13/h1-3,7-8H. The van der Waals surface area contributed by atoms with Crippen LogP contribution in [0.25, 0.3) is 11.1 Å². The third kappa shape index (κ3) is 1.79. The van der Waals surface area contributed by atoms with Crippen molar-refractivity contribution < 1.29 is 22.0 Å². The highest BCUT2D eigenvalue weighted by molar-refractivity contribution is 5.73. The summed E-state index contributed by atoms with van der Waals surface area (Å²) in [6, 6.07) is 3.37. The Balaban J connectivity index is 2.52. The largest absolute Gasteiger partial charge is 0.435 e. The first-order chi connectivity index (χ1) is 7.08. The first-order valence-electron chi connectivity index (χ1n) is 4.04. The van der Waals surface area contributed by atoms with Gasteiger partial charge in [-0.1, -0.05) is 6.07 Å². The van der Waals surface area contributed by atoms with E-state index in [-0.39, 0.29) is 16.7 Å². The Bertz CT molecular complexity index is 474. The van der Waals surface area contributed by atoms with Gasteiger partial charge in [-0.25, -0.2) is 13.8 Å². The number of hydrogen-bond acceptors (Lipinski definition) is 2. The van der Waals surface area contributed by atoms with Crippen LogP contribution in [0.2, 0.25) is 0 Å². The molecule has 1 heterocycles. The molecule has 2 rings (SSSR count). The lowest BCUT2D eigenvalue weighted by Crippen LogP contribution is -1.82. The van der Waals surface area contributed by atoms with E-state index < -0.39 is 18.7 Å². The second-order valence-corrected chi connectivity index (χ2v) is 2.88. The van der Waals surface area contributed by atoms with Gasteiger partial charge in [0.15, 0.2) is 5.58 Å². The monoisotopic (exact) mass is 219 g/mol. The van der Waals surface area contributed by atoms with E-state index in [1.807, 2.05) is 0 Å². The van der Waals surface area contributed by atoms with Crippen LogP contribution >= 0.6 is 0 Å². The summed E-state index contributed by atoms with van der Waals surface area (Å²) in [5.74, 6) is -0.753. The first kappa shape index (κ1) is 9.95. The van der Waals surface area contributed by atoms with Crippen molar-refractivity contribution in [2.45, 2.75) is 12.9 Å². The summed E-state index contributed by atoms with van der Waals surface area (Å²) in [4.78, 5) is 3.45. The first-order valence-corrected chi connectivity index (χ1v) is 4.04. The van der Waals surface area contributed by atoms with E-state index in [4.69, 9.17) is 0 Å². The summed E-state index contributed by atoms with van der Waals surface area (Å²) in [6.07, 6.45) is -5.50. The van der Waals surface area contributed by atoms with Gasteiger partial charge in [-0.15, -0.1) is 0 Å². The number of halogens is 4. The highest BCUT2D eigenvalue weighted by atomic mass is 19.3. The summed E-state index contributed by atoms with van der Waals surface area (Å²) >= 11 is 0. The maximum Gasteiger partial charge on any atom is 0.313 e. The van der Waals surface area contributed by atoms with Crippen molar-refractivity contribution in [1.29, 1.82) is 0 Å². The zero-order chi connectivity index (χ0) is 11.0. The third-order valence-corrected chi connectivity index (χ3v) is 1.87. The molecule has 6 heteroatoms. The van der Waals surface area contributed by atoms with Crippen molar-refractivity contribution in [3.63, 3.8) is 0 Å². The second kappa shape index (κ2) is 3.52. The number of nitrogens with zero attached hydrogens (tertiary/aromatic N) is 1. The number of benzene rings is 1. The number of alkyl halides is 4. The molecule has 0 saturated carbocycles. The molecule has 0 unspecified atom stereocenters. The summed E-state index contributed by atoms with van der Waals surface area (Å²) in [7, 11) is 0. The van der Waals surface area contributed by atoms with Gasteiger partial charge in [-0.3, -0.25) is 0 Å². The van der Waals surface area contributed by atoms with Crippen molar-refractivity contribution in [3.8, 4) is 0 Å². The predicted molar refractivity (Wildman–Crippen MR) is 43.9 cm³/mol. The Labute approximate surface area is 81.5 Å². The molecule has 0 N–H and O–H groups in total. The molecule has 2 nitrogen and oxygen atoms in total. The molecule has 0 spiro atoms. The van der Waals surface area contributed by atoms with Gasteiger partial charge in [0.05, 0.1) is 0 Å². The second-order valence-electron chi connectivity index (χ2n) is 2.88. The summed E-state index contributed by atoms with van der Waals surface area (Å²) in [5, 5.41) is 0. The van der Waals surface area contributed by atoms with Crippen LogP contribution in [0.5, 0.6) is 0 Å². The Kier molecular flexibility index (Phi) is 2.34. The lowest BCUT2D eigenvalue weighted by molar-refractivity contribution is 0.117. The van der Waals surface area contributed by atoms with Gasteiger partial charge in [-0.2, -0.15) is 8.78 Å². The zero-order valence-corrected chi connectivity index (χ0v) is 7.25. The Morgan fingerprint density at radius 3 is 2.40 bits per heavy atom. The van der Waals surface area contributed by atoms with Crippen LogP contribution in [-0.4, -0.2) is 4.98 Å². The van der Waals surface area contributed by atoms with Gasteiger partial charge in [0, 0.05) is 5.56 Å². The fourth-order valence-electron chi connectivity index (χ4n) is 1.19. The normalized spacial score (nSPS) is 11.9. The quantitative estimate of drug-likeness (QED) is 0.719. The maximum absolute atomic E-state index is 12.3. The molecule has 80 valence electrons. The molecular weight excluding hydrogens is 214 g/mol. The predicted octanol–water partition coefficient (Wildman–Crippen LogP) is 3.70. The minimum absolute atomic E-state index is 0.0527. The van der Waals surface area contributed by atoms with Gasteiger partial charge in [0.2, 0.25) is 0 Å². The fourth-order valence-corrected chi connectivity index (χ4v) is 1.19. The van der Waals surface area contributed by atoms with Crippen LogP contribution in [-0.2, 0) is 0 Å². The number of oxazole rings is 1. The zero-order valence-electron chi connectivity index (χ0n) is 7.25. The Morgan fingerprint density at radius 1 is 1.07 bits per heavy atom. The van der Waals surface area contributed by atoms with Crippen LogP contribution < -0.4 is 0 Å². The number of rotatable bonds is 2. The van der Waals surface area contributed by atoms with E-state index in [1.165, 1.54) is 6.07 Å². The van der Waals surface area contributed by atoms with Crippen molar-refractivity contribution in [2.75, 3.05) is 0 Å². The molecule has 0 fully saturated rings. The fraction of sp³-hybridized carbons (Fsp3) is 0.222. The van der Waals surface area contributed by atoms with Crippen molar-refractivity contribution in [2.24, 2.45) is 0 Å². The molecule has 0 aliphatic heterocycles. The number of fused-ring (bicyclic) bond motifs is 1. The molecule has 0 bridgehead atoms. The van der Waals surface area contributed by atoms with Crippen LogP contribution in [0.3, 0.4) is 0 Å². The molecule has 15 heavy (non-hydrogen) atoms. The average molecular weight is 219 g/mol. The molecule has 0 amide bonds. The third-order valence-electron chi connectivity index (χ3n) is 1.87. The van der Waals surface area contributed by atoms with E-state index in [9.17, 15) is 17.6 Å². The highest BCUT2D eigenvalue weighted by Crippen LogP contribution is 2.27. The molecule has 0 saturated heterocycles. The van der Waals surface area contributed by atoms with Gasteiger partial charge in [0.25, 0.3) is 12.3 Å². The van der Waals surface area contributed by atoms with Gasteiger partial charge in [0.1, 0.15) is 5.52 Å². The average Bonchev–Trinajstić information content (AvgIpc) is 2.59. The summed E-state index contributed by atoms with van der Waals surface area (Å²) < 4.78 is 53.4. The van der Waals surface area contributed by atoms with Gasteiger partial charge in [-0.05, 0) is 12.1 Å². The van der Waals surface area contributed by atoms with E-state index >= 15 is 0 Å². The van der Waals surface area contributed by atoms with E-state index in [1.54, 1.807) is 0 Å². The smallest absolute Gasteiger partial charge is 0.313 e. The SMILES string of the molecule is FC(F)c1ccc2nc(C(F)F)oc2c1. The maximum atomic E-state index is 12.3. The molecule has 0 radical (unpaired) electrons. The molecule has 2 aromatic rings. The number of hydrogen-bond donors (Lipinski definition) is 0. The van der Waals surface area contributed by atoms with E-state index in [0.29, 0.717) is 0 Å². The van der Waals surface area contributed by atoms with Crippen LogP contribution in [0, 0.1) is 0 Å². The summed E-state index contributed by atoms with van der Waals surface area (Å²) in [6.45, 7) is 0. The van der Waals surface area contributed by atoms with Crippen molar-refractivity contribution in [3.05, 3.63) is 29.7 Å². The van der Waals surface area contributed by atoms with Gasteiger partial charge >= 0.3 is 6.43 Å². The minimum Gasteiger partial charge on any atom is -0.435 e. The van der Waals surface area contributed by atoms with Crippen LogP contribution in [0.1, 0.15) is 24.3 Å². The van der Waals surface area contributed by atoms with Crippen LogP contribution in [0.15, 0.2) is 22.6 Å². The summed E-state index contributed by atoms with van der Waals surface area (Å²) in [5.41, 5.74) is -0.183. The number of aromatic nitrogens is 1. The lowest BCUT2D eigenvalue weighted by atomic mass is 10.2. The van der Waals surface area contributed by atoms with Crippen LogP contribution in [0.4, 0.5) is 17.6 Å². The highest BCUT2D eigenvalue weighted by Gasteiger charge is 2.17. The van der Waals surface area contributed by atoms with E-state index in [0.717, 1.165) is 12.1 Å². The van der Waals surface area contributed by atoms with Gasteiger partial charge < -0.3 is 4.42 Å². The molecular formula is C9H5F4NO.